The maximum absolute atomic E-state index is 9.84. The fourth-order valence-electron chi connectivity index (χ4n) is 2.72. The highest BCUT2D eigenvalue weighted by molar-refractivity contribution is 5.96. The third-order valence-corrected chi connectivity index (χ3v) is 3.98. The van der Waals surface area contributed by atoms with E-state index < -0.39 is 5.60 Å². The molecular weight excluding hydrogens is 356 g/mol. The Morgan fingerprint density at radius 2 is 2.11 bits per heavy atom. The number of nitrogens with zero attached hydrogens (tertiary/aromatic N) is 5. The van der Waals surface area contributed by atoms with Gasteiger partial charge in [-0.25, -0.2) is 15.0 Å². The number of aliphatic hydroxyl groups is 1. The molecular formula is C20H20N6O2. The highest BCUT2D eigenvalue weighted by atomic mass is 16.5. The SMILES string of the molecule is COCCn1cc(-c2nc(N)ncc2C#N)c2cc(C#CC(C)(C)O)ncc21. The number of hydrogen-bond donors (Lipinski definition) is 2. The van der Waals surface area contributed by atoms with Crippen LogP contribution in [0.15, 0.2) is 24.7 Å². The number of hydrogen-bond acceptors (Lipinski definition) is 7. The van der Waals surface area contributed by atoms with Crippen molar-refractivity contribution in [2.75, 3.05) is 19.5 Å². The van der Waals surface area contributed by atoms with Gasteiger partial charge >= 0.3 is 0 Å². The molecule has 0 saturated heterocycles. The molecule has 3 aromatic rings. The van der Waals surface area contributed by atoms with Crippen molar-refractivity contribution < 1.29 is 9.84 Å². The van der Waals surface area contributed by atoms with Gasteiger partial charge in [0.2, 0.25) is 5.95 Å². The van der Waals surface area contributed by atoms with Crippen LogP contribution in [0.1, 0.15) is 25.1 Å². The molecule has 0 radical (unpaired) electrons. The lowest BCUT2D eigenvalue weighted by atomic mass is 10.1. The van der Waals surface area contributed by atoms with Crippen LogP contribution in [0.3, 0.4) is 0 Å². The second kappa shape index (κ2) is 7.65. The molecule has 3 aromatic heterocycles. The largest absolute Gasteiger partial charge is 0.383 e. The monoisotopic (exact) mass is 376 g/mol. The van der Waals surface area contributed by atoms with Crippen LogP contribution in [-0.2, 0) is 11.3 Å². The summed E-state index contributed by atoms with van der Waals surface area (Å²) in [4.78, 5) is 12.6. The average Bonchev–Trinajstić information content (AvgIpc) is 3.02. The van der Waals surface area contributed by atoms with Crippen LogP contribution in [0.2, 0.25) is 0 Å². The summed E-state index contributed by atoms with van der Waals surface area (Å²) in [6, 6.07) is 3.92. The molecule has 8 heteroatoms. The standard InChI is InChI=1S/C20H20N6O2/c1-20(2,27)5-4-14-8-15-16(18-13(9-21)10-24-19(22)25-18)12-26(6-7-28-3)17(15)11-23-14/h8,10-12,27H,6-7H2,1-3H3,(H2,22,24,25). The molecule has 3 N–H and O–H groups in total. The van der Waals surface area contributed by atoms with Crippen molar-refractivity contribution in [3.8, 4) is 29.2 Å². The number of nitrogens with two attached hydrogens (primary N) is 1. The van der Waals surface area contributed by atoms with Gasteiger partial charge in [-0.15, -0.1) is 0 Å². The van der Waals surface area contributed by atoms with Gasteiger partial charge in [0.05, 0.1) is 35.8 Å². The molecule has 0 aliphatic heterocycles. The van der Waals surface area contributed by atoms with Crippen LogP contribution in [0.5, 0.6) is 0 Å². The molecule has 142 valence electrons. The zero-order chi connectivity index (χ0) is 20.3. The molecule has 0 saturated carbocycles. The van der Waals surface area contributed by atoms with E-state index in [2.05, 4.69) is 32.9 Å². The fraction of sp³-hybridized carbons (Fsp3) is 0.300. The molecule has 3 heterocycles. The normalized spacial score (nSPS) is 11.1. The van der Waals surface area contributed by atoms with Crippen molar-refractivity contribution in [1.82, 2.24) is 19.5 Å². The maximum atomic E-state index is 9.84. The Balaban J connectivity index is 2.24. The fourth-order valence-corrected chi connectivity index (χ4v) is 2.72. The first-order chi connectivity index (χ1) is 13.3. The highest BCUT2D eigenvalue weighted by Gasteiger charge is 2.17. The first-order valence-electron chi connectivity index (χ1n) is 8.59. The minimum Gasteiger partial charge on any atom is -0.383 e. The van der Waals surface area contributed by atoms with Crippen molar-refractivity contribution in [3.05, 3.63) is 35.9 Å². The molecule has 0 fully saturated rings. The third-order valence-electron chi connectivity index (χ3n) is 3.98. The molecule has 0 aromatic carbocycles. The number of rotatable bonds is 4. The summed E-state index contributed by atoms with van der Waals surface area (Å²) in [5.74, 6) is 5.72. The van der Waals surface area contributed by atoms with Gasteiger partial charge in [0.1, 0.15) is 17.4 Å². The van der Waals surface area contributed by atoms with Crippen LogP contribution in [0.25, 0.3) is 22.2 Å². The predicted molar refractivity (Wildman–Crippen MR) is 105 cm³/mol. The Labute approximate surface area is 162 Å². The zero-order valence-corrected chi connectivity index (χ0v) is 15.9. The Bertz CT molecular complexity index is 1130. The van der Waals surface area contributed by atoms with E-state index in [0.29, 0.717) is 30.1 Å². The maximum Gasteiger partial charge on any atom is 0.220 e. The van der Waals surface area contributed by atoms with E-state index in [9.17, 15) is 10.4 Å². The Hall–Kier alpha value is -3.46. The highest BCUT2D eigenvalue weighted by Crippen LogP contribution is 2.31. The Morgan fingerprint density at radius 1 is 1.32 bits per heavy atom. The summed E-state index contributed by atoms with van der Waals surface area (Å²) in [7, 11) is 1.63. The van der Waals surface area contributed by atoms with E-state index >= 15 is 0 Å². The molecule has 0 atom stereocenters. The second-order valence-corrected chi connectivity index (χ2v) is 6.73. The second-order valence-electron chi connectivity index (χ2n) is 6.73. The molecule has 0 unspecified atom stereocenters. The van der Waals surface area contributed by atoms with Crippen LogP contribution in [0.4, 0.5) is 5.95 Å². The molecule has 0 bridgehead atoms. The number of anilines is 1. The van der Waals surface area contributed by atoms with E-state index in [1.54, 1.807) is 27.2 Å². The summed E-state index contributed by atoms with van der Waals surface area (Å²) >= 11 is 0. The van der Waals surface area contributed by atoms with Gasteiger partial charge in [-0.05, 0) is 25.8 Å². The molecule has 0 aliphatic carbocycles. The van der Waals surface area contributed by atoms with E-state index in [1.807, 2.05) is 16.8 Å². The van der Waals surface area contributed by atoms with Gasteiger partial charge in [-0.2, -0.15) is 5.26 Å². The van der Waals surface area contributed by atoms with E-state index in [-0.39, 0.29) is 5.95 Å². The van der Waals surface area contributed by atoms with Crippen molar-refractivity contribution >= 4 is 16.9 Å². The number of nitriles is 1. The zero-order valence-electron chi connectivity index (χ0n) is 15.9. The first-order valence-corrected chi connectivity index (χ1v) is 8.59. The molecule has 0 spiro atoms. The van der Waals surface area contributed by atoms with Gasteiger partial charge in [-0.3, -0.25) is 0 Å². The third kappa shape index (κ3) is 4.09. The number of nitrogen functional groups attached to an aromatic ring is 1. The Morgan fingerprint density at radius 3 is 2.79 bits per heavy atom. The number of aromatic nitrogens is 4. The van der Waals surface area contributed by atoms with Gasteiger partial charge in [0, 0.05) is 30.8 Å². The van der Waals surface area contributed by atoms with Crippen LogP contribution in [0, 0.1) is 23.2 Å². The minimum absolute atomic E-state index is 0.0860. The van der Waals surface area contributed by atoms with Crippen molar-refractivity contribution in [1.29, 1.82) is 5.26 Å². The summed E-state index contributed by atoms with van der Waals surface area (Å²) < 4.78 is 7.16. The van der Waals surface area contributed by atoms with Crippen molar-refractivity contribution in [2.24, 2.45) is 0 Å². The number of methoxy groups -OCH3 is 1. The summed E-state index contributed by atoms with van der Waals surface area (Å²) in [5, 5.41) is 20.1. The van der Waals surface area contributed by atoms with Crippen LogP contribution >= 0.6 is 0 Å². The lowest BCUT2D eigenvalue weighted by Gasteiger charge is -2.06. The molecule has 8 nitrogen and oxygen atoms in total. The van der Waals surface area contributed by atoms with E-state index in [4.69, 9.17) is 10.5 Å². The molecule has 0 amide bonds. The summed E-state index contributed by atoms with van der Waals surface area (Å²) in [6.45, 7) is 4.33. The van der Waals surface area contributed by atoms with Gasteiger partial charge < -0.3 is 20.1 Å². The smallest absolute Gasteiger partial charge is 0.220 e. The lowest BCUT2D eigenvalue weighted by molar-refractivity contribution is 0.143. The van der Waals surface area contributed by atoms with Gasteiger partial charge in [0.15, 0.2) is 0 Å². The summed E-state index contributed by atoms with van der Waals surface area (Å²) in [5.41, 5.74) is 7.47. The quantitative estimate of drug-likeness (QED) is 0.665. The van der Waals surface area contributed by atoms with Crippen LogP contribution < -0.4 is 5.73 Å². The molecule has 28 heavy (non-hydrogen) atoms. The summed E-state index contributed by atoms with van der Waals surface area (Å²) in [6.07, 6.45) is 5.01. The van der Waals surface area contributed by atoms with E-state index in [1.165, 1.54) is 6.20 Å². The van der Waals surface area contributed by atoms with Crippen LogP contribution in [-0.4, -0.2) is 43.9 Å². The van der Waals surface area contributed by atoms with Gasteiger partial charge in [-0.1, -0.05) is 5.92 Å². The van der Waals surface area contributed by atoms with Crippen molar-refractivity contribution in [3.63, 3.8) is 0 Å². The van der Waals surface area contributed by atoms with E-state index in [0.717, 1.165) is 16.5 Å². The predicted octanol–water partition coefficient (Wildman–Crippen LogP) is 1.72. The average molecular weight is 376 g/mol. The molecule has 0 aliphatic rings. The minimum atomic E-state index is -1.13. The Kier molecular flexibility index (Phi) is 5.27. The lowest BCUT2D eigenvalue weighted by Crippen LogP contribution is -2.14. The number of ether oxygens (including phenoxy) is 1. The number of pyridine rings is 1. The number of fused-ring (bicyclic) bond motifs is 1. The van der Waals surface area contributed by atoms with Gasteiger partial charge in [0.25, 0.3) is 0 Å². The topological polar surface area (TPSA) is 123 Å². The molecule has 3 rings (SSSR count). The van der Waals surface area contributed by atoms with Crippen molar-refractivity contribution in [2.45, 2.75) is 26.0 Å². The first kappa shape index (κ1) is 19.3.